The third-order valence-electron chi connectivity index (χ3n) is 4.68. The van der Waals surface area contributed by atoms with Crippen molar-refractivity contribution in [1.82, 2.24) is 0 Å². The highest BCUT2D eigenvalue weighted by atomic mass is 79.9. The minimum absolute atomic E-state index is 0.0348. The van der Waals surface area contributed by atoms with Gasteiger partial charge in [-0.15, -0.1) is 0 Å². The second kappa shape index (κ2) is 7.31. The van der Waals surface area contributed by atoms with Crippen molar-refractivity contribution in [1.29, 1.82) is 0 Å². The number of Topliss-reactive ketones (excluding diaryl/α,β-unsaturated/α-hetero) is 1. The highest BCUT2D eigenvalue weighted by Gasteiger charge is 2.33. The number of benzene rings is 2. The van der Waals surface area contributed by atoms with E-state index in [1.54, 1.807) is 0 Å². The van der Waals surface area contributed by atoms with E-state index in [9.17, 15) is 4.79 Å². The average Bonchev–Trinajstić information content (AvgIpc) is 2.57. The van der Waals surface area contributed by atoms with Crippen molar-refractivity contribution in [3.63, 3.8) is 0 Å². The summed E-state index contributed by atoms with van der Waals surface area (Å²) >= 11 is 3.47. The van der Waals surface area contributed by atoms with E-state index in [0.29, 0.717) is 18.1 Å². The summed E-state index contributed by atoms with van der Waals surface area (Å²) in [5.74, 6) is 1.04. The van der Waals surface area contributed by atoms with E-state index in [-0.39, 0.29) is 12.0 Å². The second-order valence-electron chi connectivity index (χ2n) is 6.49. The molecule has 1 fully saturated rings. The lowest BCUT2D eigenvalue weighted by Crippen LogP contribution is -2.32. The molecule has 3 unspecified atom stereocenters. The minimum atomic E-state index is 0.0348. The van der Waals surface area contributed by atoms with Crippen LogP contribution < -0.4 is 5.32 Å². The van der Waals surface area contributed by atoms with Gasteiger partial charge in [0.05, 0.1) is 6.04 Å². The van der Waals surface area contributed by atoms with Crippen molar-refractivity contribution in [2.45, 2.75) is 32.2 Å². The molecule has 23 heavy (non-hydrogen) atoms. The average molecular weight is 372 g/mol. The minimum Gasteiger partial charge on any atom is -0.378 e. The molecule has 0 heterocycles. The van der Waals surface area contributed by atoms with Gasteiger partial charge < -0.3 is 5.32 Å². The fourth-order valence-corrected chi connectivity index (χ4v) is 3.65. The number of ketones is 1. The molecule has 0 spiro atoms. The van der Waals surface area contributed by atoms with Crippen LogP contribution in [-0.4, -0.2) is 5.78 Å². The highest BCUT2D eigenvalue weighted by molar-refractivity contribution is 9.10. The maximum Gasteiger partial charge on any atom is 0.138 e. The third kappa shape index (κ3) is 4.03. The van der Waals surface area contributed by atoms with Crippen LogP contribution in [0.5, 0.6) is 0 Å². The van der Waals surface area contributed by atoms with Crippen molar-refractivity contribution in [3.8, 4) is 0 Å². The van der Waals surface area contributed by atoms with E-state index < -0.39 is 0 Å². The molecule has 120 valence electrons. The van der Waals surface area contributed by atoms with E-state index >= 15 is 0 Å². The normalized spacial score (nSPS) is 22.6. The second-order valence-corrected chi connectivity index (χ2v) is 7.41. The fourth-order valence-electron chi connectivity index (χ4n) is 3.38. The third-order valence-corrected chi connectivity index (χ3v) is 5.21. The van der Waals surface area contributed by atoms with Gasteiger partial charge >= 0.3 is 0 Å². The summed E-state index contributed by atoms with van der Waals surface area (Å²) < 4.78 is 1.06. The lowest BCUT2D eigenvalue weighted by atomic mass is 9.75. The van der Waals surface area contributed by atoms with Gasteiger partial charge in [0.2, 0.25) is 0 Å². The van der Waals surface area contributed by atoms with Gasteiger partial charge in [-0.3, -0.25) is 4.79 Å². The number of anilines is 1. The molecule has 0 aromatic heterocycles. The first-order valence-corrected chi connectivity index (χ1v) is 9.02. The molecule has 3 atom stereocenters. The molecule has 2 nitrogen and oxygen atoms in total. The van der Waals surface area contributed by atoms with Crippen molar-refractivity contribution >= 4 is 27.4 Å². The van der Waals surface area contributed by atoms with E-state index in [1.165, 1.54) is 5.56 Å². The first-order chi connectivity index (χ1) is 11.1. The number of nitrogens with one attached hydrogen (secondary N) is 1. The zero-order chi connectivity index (χ0) is 16.2. The molecular formula is C20H22BrNO. The number of halogens is 1. The molecule has 0 bridgehead atoms. The molecule has 0 aliphatic heterocycles. The number of hydrogen-bond acceptors (Lipinski definition) is 2. The maximum absolute atomic E-state index is 12.6. The molecule has 2 aromatic rings. The standard InChI is InChI=1S/C20H22BrNO/c1-14-7-12-19(23)18(13-14)20(15-5-3-2-4-6-15)22-17-10-8-16(21)9-11-17/h2-6,8-11,14,18,20,22H,7,12-13H2,1H3. The molecule has 1 N–H and O–H groups in total. The Labute approximate surface area is 146 Å². The van der Waals surface area contributed by atoms with Gasteiger partial charge in [-0.05, 0) is 48.6 Å². The zero-order valence-electron chi connectivity index (χ0n) is 13.3. The number of hydrogen-bond donors (Lipinski definition) is 1. The van der Waals surface area contributed by atoms with Crippen LogP contribution in [0.15, 0.2) is 59.1 Å². The Balaban J connectivity index is 1.90. The molecule has 2 aromatic carbocycles. The Morgan fingerprint density at radius 3 is 2.48 bits per heavy atom. The molecule has 3 rings (SSSR count). The van der Waals surface area contributed by atoms with E-state index in [2.05, 4.69) is 52.4 Å². The first kappa shape index (κ1) is 16.3. The van der Waals surface area contributed by atoms with Crippen LogP contribution in [0, 0.1) is 11.8 Å². The maximum atomic E-state index is 12.6. The van der Waals surface area contributed by atoms with Gasteiger partial charge in [0.15, 0.2) is 0 Å². The summed E-state index contributed by atoms with van der Waals surface area (Å²) in [6, 6.07) is 18.5. The van der Waals surface area contributed by atoms with Gasteiger partial charge in [0.1, 0.15) is 5.78 Å². The van der Waals surface area contributed by atoms with E-state index in [1.807, 2.05) is 30.3 Å². The van der Waals surface area contributed by atoms with Crippen LogP contribution >= 0.6 is 15.9 Å². The van der Waals surface area contributed by atoms with Crippen molar-refractivity contribution < 1.29 is 4.79 Å². The highest BCUT2D eigenvalue weighted by Crippen LogP contribution is 2.37. The quantitative estimate of drug-likeness (QED) is 0.756. The molecule has 1 aliphatic rings. The van der Waals surface area contributed by atoms with E-state index in [0.717, 1.165) is 23.0 Å². The van der Waals surface area contributed by atoms with Crippen molar-refractivity contribution in [3.05, 3.63) is 64.6 Å². The molecule has 0 amide bonds. The number of carbonyl (C=O) groups excluding carboxylic acids is 1. The molecule has 3 heteroatoms. The van der Waals surface area contributed by atoms with Crippen molar-refractivity contribution in [2.75, 3.05) is 5.32 Å². The van der Waals surface area contributed by atoms with Gasteiger partial charge in [-0.2, -0.15) is 0 Å². The predicted octanol–water partition coefficient (Wildman–Crippen LogP) is 5.61. The Morgan fingerprint density at radius 1 is 1.09 bits per heavy atom. The predicted molar refractivity (Wildman–Crippen MR) is 98.5 cm³/mol. The Kier molecular flexibility index (Phi) is 5.16. The Morgan fingerprint density at radius 2 is 1.78 bits per heavy atom. The molecule has 0 saturated heterocycles. The van der Waals surface area contributed by atoms with Crippen LogP contribution in [0.3, 0.4) is 0 Å². The van der Waals surface area contributed by atoms with Crippen LogP contribution in [0.1, 0.15) is 37.8 Å². The fraction of sp³-hybridized carbons (Fsp3) is 0.350. The number of rotatable bonds is 4. The van der Waals surface area contributed by atoms with Crippen LogP contribution in [-0.2, 0) is 4.79 Å². The topological polar surface area (TPSA) is 29.1 Å². The lowest BCUT2D eigenvalue weighted by Gasteiger charge is -2.33. The summed E-state index contributed by atoms with van der Waals surface area (Å²) in [7, 11) is 0. The summed E-state index contributed by atoms with van der Waals surface area (Å²) in [6.07, 6.45) is 2.69. The van der Waals surface area contributed by atoms with Gasteiger partial charge in [0, 0.05) is 22.5 Å². The van der Waals surface area contributed by atoms with Crippen LogP contribution in [0.25, 0.3) is 0 Å². The monoisotopic (exact) mass is 371 g/mol. The number of carbonyl (C=O) groups is 1. The molecular weight excluding hydrogens is 350 g/mol. The summed E-state index contributed by atoms with van der Waals surface area (Å²) in [4.78, 5) is 12.6. The SMILES string of the molecule is CC1CCC(=O)C(C(Nc2ccc(Br)cc2)c2ccccc2)C1. The largest absolute Gasteiger partial charge is 0.378 e. The van der Waals surface area contributed by atoms with Gasteiger partial charge in [-0.1, -0.05) is 53.2 Å². The molecule has 1 saturated carbocycles. The summed E-state index contributed by atoms with van der Waals surface area (Å²) in [5, 5.41) is 3.60. The first-order valence-electron chi connectivity index (χ1n) is 8.23. The molecule has 0 radical (unpaired) electrons. The lowest BCUT2D eigenvalue weighted by molar-refractivity contribution is -0.126. The zero-order valence-corrected chi connectivity index (χ0v) is 14.9. The van der Waals surface area contributed by atoms with Crippen LogP contribution in [0.2, 0.25) is 0 Å². The van der Waals surface area contributed by atoms with E-state index in [4.69, 9.17) is 0 Å². The molecule has 1 aliphatic carbocycles. The van der Waals surface area contributed by atoms with Crippen molar-refractivity contribution in [2.24, 2.45) is 11.8 Å². The van der Waals surface area contributed by atoms with Gasteiger partial charge in [0.25, 0.3) is 0 Å². The van der Waals surface area contributed by atoms with Crippen LogP contribution in [0.4, 0.5) is 5.69 Å². The van der Waals surface area contributed by atoms with Gasteiger partial charge in [-0.25, -0.2) is 0 Å². The smallest absolute Gasteiger partial charge is 0.138 e. The summed E-state index contributed by atoms with van der Waals surface area (Å²) in [5.41, 5.74) is 2.23. The summed E-state index contributed by atoms with van der Waals surface area (Å²) in [6.45, 7) is 2.25. The Bertz CT molecular complexity index is 653. The Hall–Kier alpha value is -1.61.